The van der Waals surface area contributed by atoms with Gasteiger partial charge in [0.1, 0.15) is 0 Å². The van der Waals surface area contributed by atoms with Gasteiger partial charge in [0.05, 0.1) is 12.2 Å². The minimum atomic E-state index is 0.0483. The van der Waals surface area contributed by atoms with Gasteiger partial charge in [-0.05, 0) is 32.8 Å². The summed E-state index contributed by atoms with van der Waals surface area (Å²) in [4.78, 5) is 2.52. The van der Waals surface area contributed by atoms with Crippen LogP contribution < -0.4 is 0 Å². The van der Waals surface area contributed by atoms with E-state index in [1.165, 1.54) is 31.6 Å². The average molecular weight is 181 g/mol. The van der Waals surface area contributed by atoms with Gasteiger partial charge < -0.3 is 9.64 Å². The molecule has 2 nitrogen and oxygen atoms in total. The lowest BCUT2D eigenvalue weighted by atomic mass is 9.99. The molecular weight excluding hydrogens is 162 g/mol. The Morgan fingerprint density at radius 3 is 2.62 bits per heavy atom. The fourth-order valence-corrected chi connectivity index (χ4v) is 2.17. The fraction of sp³-hybridized carbons (Fsp3) is 0.818. The number of rotatable bonds is 1. The molecule has 0 aromatic carbocycles. The summed E-state index contributed by atoms with van der Waals surface area (Å²) in [5.41, 5.74) is 1.56. The maximum atomic E-state index is 5.65. The molecule has 0 saturated carbocycles. The van der Waals surface area contributed by atoms with Crippen molar-refractivity contribution in [3.05, 3.63) is 11.8 Å². The van der Waals surface area contributed by atoms with E-state index in [0.717, 1.165) is 13.0 Å². The zero-order valence-electron chi connectivity index (χ0n) is 8.68. The summed E-state index contributed by atoms with van der Waals surface area (Å²) in [6.07, 6.45) is 6.04. The van der Waals surface area contributed by atoms with E-state index in [2.05, 4.69) is 24.8 Å². The molecule has 0 unspecified atom stereocenters. The Bertz CT molecular complexity index is 214. The van der Waals surface area contributed by atoms with E-state index in [1.54, 1.807) is 0 Å². The fourth-order valence-electron chi connectivity index (χ4n) is 2.17. The highest BCUT2D eigenvalue weighted by molar-refractivity contribution is 5.09. The predicted molar refractivity (Wildman–Crippen MR) is 53.5 cm³/mol. The Morgan fingerprint density at radius 1 is 1.31 bits per heavy atom. The lowest BCUT2D eigenvalue weighted by Gasteiger charge is -2.34. The standard InChI is InChI=1S/C11H19NO/c1-11(2)9-10(5-8-13-11)12-6-3-4-7-12/h5H,3-4,6-9H2,1-2H3. The molecule has 0 spiro atoms. The molecule has 0 atom stereocenters. The Balaban J connectivity index is 2.02. The summed E-state index contributed by atoms with van der Waals surface area (Å²) in [5, 5.41) is 0. The molecule has 0 bridgehead atoms. The Labute approximate surface area is 80.6 Å². The maximum absolute atomic E-state index is 5.65. The van der Waals surface area contributed by atoms with Gasteiger partial charge in [0, 0.05) is 25.2 Å². The number of hydrogen-bond donors (Lipinski definition) is 0. The van der Waals surface area contributed by atoms with Gasteiger partial charge >= 0.3 is 0 Å². The van der Waals surface area contributed by atoms with Gasteiger partial charge in [-0.2, -0.15) is 0 Å². The van der Waals surface area contributed by atoms with Gasteiger partial charge in [-0.15, -0.1) is 0 Å². The quantitative estimate of drug-likeness (QED) is 0.614. The highest BCUT2D eigenvalue weighted by atomic mass is 16.5. The van der Waals surface area contributed by atoms with Crippen molar-refractivity contribution in [3.8, 4) is 0 Å². The third-order valence-electron chi connectivity index (χ3n) is 2.91. The van der Waals surface area contributed by atoms with E-state index in [4.69, 9.17) is 4.74 Å². The number of ether oxygens (including phenoxy) is 1. The van der Waals surface area contributed by atoms with Gasteiger partial charge in [0.25, 0.3) is 0 Å². The van der Waals surface area contributed by atoms with Gasteiger partial charge in [0.2, 0.25) is 0 Å². The average Bonchev–Trinajstić information content (AvgIpc) is 2.53. The van der Waals surface area contributed by atoms with Crippen molar-refractivity contribution in [2.75, 3.05) is 19.7 Å². The Hall–Kier alpha value is -0.500. The molecule has 0 aliphatic carbocycles. The Kier molecular flexibility index (Phi) is 2.33. The molecule has 0 aromatic heterocycles. The lowest BCUT2D eigenvalue weighted by molar-refractivity contribution is -0.0161. The van der Waals surface area contributed by atoms with Crippen LogP contribution in [-0.4, -0.2) is 30.2 Å². The first-order chi connectivity index (χ1) is 6.17. The van der Waals surface area contributed by atoms with Crippen molar-refractivity contribution >= 4 is 0 Å². The molecule has 1 fully saturated rings. The SMILES string of the molecule is CC1(C)CC(N2CCCC2)=CCO1. The first-order valence-corrected chi connectivity index (χ1v) is 5.25. The van der Waals surface area contributed by atoms with Gasteiger partial charge in [0.15, 0.2) is 0 Å². The summed E-state index contributed by atoms with van der Waals surface area (Å²) in [5.74, 6) is 0. The molecule has 0 aromatic rings. The van der Waals surface area contributed by atoms with Crippen LogP contribution in [0, 0.1) is 0 Å². The van der Waals surface area contributed by atoms with Crippen molar-refractivity contribution in [1.29, 1.82) is 0 Å². The minimum absolute atomic E-state index is 0.0483. The zero-order chi connectivity index (χ0) is 9.31. The largest absolute Gasteiger partial charge is 0.375 e. The van der Waals surface area contributed by atoms with E-state index >= 15 is 0 Å². The lowest BCUT2D eigenvalue weighted by Crippen LogP contribution is -2.34. The maximum Gasteiger partial charge on any atom is 0.0685 e. The second-order valence-electron chi connectivity index (χ2n) is 4.64. The van der Waals surface area contributed by atoms with Crippen molar-refractivity contribution in [2.45, 2.75) is 38.7 Å². The predicted octanol–water partition coefficient (Wildman–Crippen LogP) is 2.17. The smallest absolute Gasteiger partial charge is 0.0685 e. The second kappa shape index (κ2) is 3.33. The first kappa shape index (κ1) is 9.07. The van der Waals surface area contributed by atoms with Crippen molar-refractivity contribution < 1.29 is 4.74 Å². The monoisotopic (exact) mass is 181 g/mol. The molecule has 0 N–H and O–H groups in total. The number of nitrogens with zero attached hydrogens (tertiary/aromatic N) is 1. The zero-order valence-corrected chi connectivity index (χ0v) is 8.68. The van der Waals surface area contributed by atoms with Crippen molar-refractivity contribution in [2.24, 2.45) is 0 Å². The summed E-state index contributed by atoms with van der Waals surface area (Å²) in [6.45, 7) is 7.65. The van der Waals surface area contributed by atoms with E-state index < -0.39 is 0 Å². The van der Waals surface area contributed by atoms with Crippen molar-refractivity contribution in [1.82, 2.24) is 4.90 Å². The number of likely N-dealkylation sites (tertiary alicyclic amines) is 1. The van der Waals surface area contributed by atoms with Gasteiger partial charge in [-0.25, -0.2) is 0 Å². The molecule has 2 aliphatic rings. The van der Waals surface area contributed by atoms with E-state index in [9.17, 15) is 0 Å². The molecule has 2 rings (SSSR count). The topological polar surface area (TPSA) is 12.5 Å². The summed E-state index contributed by atoms with van der Waals surface area (Å²) in [6, 6.07) is 0. The third-order valence-corrected chi connectivity index (χ3v) is 2.91. The molecule has 0 radical (unpaired) electrons. The molecular formula is C11H19NO. The third kappa shape index (κ3) is 2.05. The molecule has 1 saturated heterocycles. The highest BCUT2D eigenvalue weighted by Gasteiger charge is 2.27. The molecule has 0 amide bonds. The van der Waals surface area contributed by atoms with Crippen LogP contribution in [0.25, 0.3) is 0 Å². The van der Waals surface area contributed by atoms with Crippen LogP contribution in [0.4, 0.5) is 0 Å². The summed E-state index contributed by atoms with van der Waals surface area (Å²) in [7, 11) is 0. The van der Waals surface area contributed by atoms with Crippen LogP contribution >= 0.6 is 0 Å². The summed E-state index contributed by atoms with van der Waals surface area (Å²) < 4.78 is 5.65. The van der Waals surface area contributed by atoms with E-state index in [-0.39, 0.29) is 5.60 Å². The van der Waals surface area contributed by atoms with Crippen LogP contribution in [0.15, 0.2) is 11.8 Å². The summed E-state index contributed by atoms with van der Waals surface area (Å²) >= 11 is 0. The first-order valence-electron chi connectivity index (χ1n) is 5.25. The molecule has 13 heavy (non-hydrogen) atoms. The van der Waals surface area contributed by atoms with Crippen LogP contribution in [0.2, 0.25) is 0 Å². The molecule has 74 valence electrons. The van der Waals surface area contributed by atoms with Crippen LogP contribution in [0.5, 0.6) is 0 Å². The molecule has 2 heteroatoms. The molecule has 2 heterocycles. The second-order valence-corrected chi connectivity index (χ2v) is 4.64. The van der Waals surface area contributed by atoms with E-state index in [1.807, 2.05) is 0 Å². The van der Waals surface area contributed by atoms with Gasteiger partial charge in [-0.1, -0.05) is 0 Å². The van der Waals surface area contributed by atoms with E-state index in [0.29, 0.717) is 0 Å². The van der Waals surface area contributed by atoms with Crippen LogP contribution in [0.3, 0.4) is 0 Å². The Morgan fingerprint density at radius 2 is 2.00 bits per heavy atom. The van der Waals surface area contributed by atoms with Crippen LogP contribution in [0.1, 0.15) is 33.1 Å². The number of hydrogen-bond acceptors (Lipinski definition) is 2. The normalized spacial score (nSPS) is 27.5. The molecule has 2 aliphatic heterocycles. The highest BCUT2D eigenvalue weighted by Crippen LogP contribution is 2.28. The van der Waals surface area contributed by atoms with Crippen LogP contribution in [-0.2, 0) is 4.74 Å². The van der Waals surface area contributed by atoms with Crippen molar-refractivity contribution in [3.63, 3.8) is 0 Å². The van der Waals surface area contributed by atoms with Gasteiger partial charge in [-0.3, -0.25) is 0 Å². The minimum Gasteiger partial charge on any atom is -0.375 e.